The zero-order valence-corrected chi connectivity index (χ0v) is 11.8. The van der Waals surface area contributed by atoms with Gasteiger partial charge in [-0.3, -0.25) is 0 Å². The largest absolute Gasteiger partial charge is 0.302 e. The Morgan fingerprint density at radius 3 is 2.71 bits per heavy atom. The lowest BCUT2D eigenvalue weighted by Gasteiger charge is -2.41. The van der Waals surface area contributed by atoms with Crippen molar-refractivity contribution in [1.82, 2.24) is 10.2 Å². The normalized spacial score (nSPS) is 29.6. The van der Waals surface area contributed by atoms with Gasteiger partial charge in [0.15, 0.2) is 0 Å². The van der Waals surface area contributed by atoms with Crippen molar-refractivity contribution in [3.63, 3.8) is 0 Å². The molecule has 0 aromatic carbocycles. The molecule has 2 unspecified atom stereocenters. The summed E-state index contributed by atoms with van der Waals surface area (Å²) in [6.45, 7) is 8.99. The average molecular weight is 237 g/mol. The third-order valence-electron chi connectivity index (χ3n) is 3.94. The van der Waals surface area contributed by atoms with Gasteiger partial charge >= 0.3 is 0 Å². The zero-order chi connectivity index (χ0) is 12.9. The predicted molar refractivity (Wildman–Crippen MR) is 71.7 cm³/mol. The monoisotopic (exact) mass is 237 g/mol. The summed E-state index contributed by atoms with van der Waals surface area (Å²) in [7, 11) is 1.92. The van der Waals surface area contributed by atoms with Crippen LogP contribution in [0, 0.1) is 17.2 Å². The molecule has 0 bridgehead atoms. The first-order chi connectivity index (χ1) is 8.06. The fourth-order valence-electron chi connectivity index (χ4n) is 2.95. The van der Waals surface area contributed by atoms with Crippen LogP contribution in [0.25, 0.3) is 0 Å². The molecule has 1 N–H and O–H groups in total. The molecule has 0 aromatic heterocycles. The fraction of sp³-hybridized carbons (Fsp3) is 0.929. The average Bonchev–Trinajstić information content (AvgIpc) is 2.35. The third-order valence-corrected chi connectivity index (χ3v) is 3.94. The zero-order valence-electron chi connectivity index (χ0n) is 11.8. The van der Waals surface area contributed by atoms with Crippen molar-refractivity contribution >= 4 is 0 Å². The highest BCUT2D eigenvalue weighted by Gasteiger charge is 2.37. The first-order valence-corrected chi connectivity index (χ1v) is 6.91. The SMILES string of the molecule is CCN(CC(C)C)C1CCCC(C#N)(NC)C1. The van der Waals surface area contributed by atoms with E-state index in [4.69, 9.17) is 0 Å². The lowest BCUT2D eigenvalue weighted by molar-refractivity contribution is 0.116. The fourth-order valence-corrected chi connectivity index (χ4v) is 2.95. The minimum absolute atomic E-state index is 0.284. The molecule has 0 radical (unpaired) electrons. The molecule has 0 heterocycles. The molecule has 1 rings (SSSR count). The summed E-state index contributed by atoms with van der Waals surface area (Å²) >= 11 is 0. The smallest absolute Gasteiger partial charge is 0.108 e. The molecule has 98 valence electrons. The van der Waals surface area contributed by atoms with E-state index in [2.05, 4.69) is 37.1 Å². The number of hydrogen-bond donors (Lipinski definition) is 1. The Labute approximate surface area is 106 Å². The number of rotatable bonds is 5. The van der Waals surface area contributed by atoms with Crippen LogP contribution in [0.2, 0.25) is 0 Å². The van der Waals surface area contributed by atoms with E-state index in [9.17, 15) is 5.26 Å². The molecule has 3 nitrogen and oxygen atoms in total. The standard InChI is InChI=1S/C14H27N3/c1-5-17(10-12(2)3)13-7-6-8-14(9-13,11-15)16-4/h12-13,16H,5-10H2,1-4H3. The summed E-state index contributed by atoms with van der Waals surface area (Å²) in [5.74, 6) is 0.697. The highest BCUT2D eigenvalue weighted by molar-refractivity contribution is 5.10. The maximum atomic E-state index is 9.36. The highest BCUT2D eigenvalue weighted by atomic mass is 15.2. The van der Waals surface area contributed by atoms with Crippen molar-refractivity contribution in [2.45, 2.75) is 58.0 Å². The van der Waals surface area contributed by atoms with Crippen LogP contribution < -0.4 is 5.32 Å². The molecular formula is C14H27N3. The topological polar surface area (TPSA) is 39.1 Å². The molecule has 0 spiro atoms. The summed E-state index contributed by atoms with van der Waals surface area (Å²) in [6, 6.07) is 3.06. The van der Waals surface area contributed by atoms with E-state index < -0.39 is 0 Å². The van der Waals surface area contributed by atoms with Gasteiger partial charge in [-0.1, -0.05) is 20.8 Å². The molecule has 17 heavy (non-hydrogen) atoms. The Morgan fingerprint density at radius 2 is 2.24 bits per heavy atom. The summed E-state index contributed by atoms with van der Waals surface area (Å²) in [6.07, 6.45) is 4.37. The lowest BCUT2D eigenvalue weighted by atomic mass is 9.79. The van der Waals surface area contributed by atoms with E-state index >= 15 is 0 Å². The van der Waals surface area contributed by atoms with E-state index in [0.29, 0.717) is 12.0 Å². The van der Waals surface area contributed by atoms with Crippen LogP contribution in [0.3, 0.4) is 0 Å². The maximum absolute atomic E-state index is 9.36. The Hall–Kier alpha value is -0.590. The summed E-state index contributed by atoms with van der Waals surface area (Å²) in [5, 5.41) is 12.6. The molecule has 1 aliphatic rings. The van der Waals surface area contributed by atoms with E-state index in [0.717, 1.165) is 32.4 Å². The van der Waals surface area contributed by atoms with Gasteiger partial charge in [-0.25, -0.2) is 0 Å². The highest BCUT2D eigenvalue weighted by Crippen LogP contribution is 2.30. The van der Waals surface area contributed by atoms with Crippen molar-refractivity contribution in [1.29, 1.82) is 5.26 Å². The van der Waals surface area contributed by atoms with Crippen LogP contribution in [0.15, 0.2) is 0 Å². The van der Waals surface area contributed by atoms with E-state index in [1.165, 1.54) is 6.42 Å². The minimum Gasteiger partial charge on any atom is -0.302 e. The van der Waals surface area contributed by atoms with Crippen molar-refractivity contribution in [3.8, 4) is 6.07 Å². The quantitative estimate of drug-likeness (QED) is 0.798. The van der Waals surface area contributed by atoms with Crippen molar-refractivity contribution in [2.75, 3.05) is 20.1 Å². The van der Waals surface area contributed by atoms with Crippen LogP contribution in [-0.2, 0) is 0 Å². The third kappa shape index (κ3) is 3.69. The number of nitrogens with zero attached hydrogens (tertiary/aromatic N) is 2. The number of nitrogens with one attached hydrogen (secondary N) is 1. The van der Waals surface area contributed by atoms with Crippen LogP contribution in [0.5, 0.6) is 0 Å². The summed E-state index contributed by atoms with van der Waals surface area (Å²) < 4.78 is 0. The molecule has 2 atom stereocenters. The van der Waals surface area contributed by atoms with Gasteiger partial charge in [0.05, 0.1) is 6.07 Å². The van der Waals surface area contributed by atoms with Gasteiger partial charge in [0.2, 0.25) is 0 Å². The lowest BCUT2D eigenvalue weighted by Crippen LogP contribution is -2.52. The molecule has 0 aliphatic heterocycles. The second kappa shape index (κ2) is 6.37. The maximum Gasteiger partial charge on any atom is 0.108 e. The van der Waals surface area contributed by atoms with Crippen molar-refractivity contribution in [3.05, 3.63) is 0 Å². The molecule has 0 saturated heterocycles. The van der Waals surface area contributed by atoms with Crippen LogP contribution >= 0.6 is 0 Å². The molecular weight excluding hydrogens is 210 g/mol. The van der Waals surface area contributed by atoms with Gasteiger partial charge in [0, 0.05) is 12.6 Å². The van der Waals surface area contributed by atoms with Crippen LogP contribution in [-0.4, -0.2) is 36.6 Å². The molecule has 1 saturated carbocycles. The predicted octanol–water partition coefficient (Wildman–Crippen LogP) is 2.39. The van der Waals surface area contributed by atoms with Crippen molar-refractivity contribution in [2.24, 2.45) is 5.92 Å². The molecule has 0 aromatic rings. The Bertz CT molecular complexity index is 269. The van der Waals surface area contributed by atoms with E-state index in [-0.39, 0.29) is 5.54 Å². The van der Waals surface area contributed by atoms with Gasteiger partial charge in [0.1, 0.15) is 5.54 Å². The van der Waals surface area contributed by atoms with Gasteiger partial charge in [-0.05, 0) is 45.2 Å². The second-order valence-corrected chi connectivity index (χ2v) is 5.68. The first kappa shape index (κ1) is 14.5. The van der Waals surface area contributed by atoms with Gasteiger partial charge in [0.25, 0.3) is 0 Å². The Kier molecular flexibility index (Phi) is 5.42. The van der Waals surface area contributed by atoms with Gasteiger partial charge < -0.3 is 10.2 Å². The first-order valence-electron chi connectivity index (χ1n) is 6.91. The molecule has 1 aliphatic carbocycles. The molecule has 3 heteroatoms. The second-order valence-electron chi connectivity index (χ2n) is 5.68. The summed E-state index contributed by atoms with van der Waals surface area (Å²) in [5.41, 5.74) is -0.284. The number of nitriles is 1. The minimum atomic E-state index is -0.284. The summed E-state index contributed by atoms with van der Waals surface area (Å²) in [4.78, 5) is 2.55. The van der Waals surface area contributed by atoms with Gasteiger partial charge in [-0.2, -0.15) is 5.26 Å². The van der Waals surface area contributed by atoms with Crippen LogP contribution in [0.1, 0.15) is 46.5 Å². The van der Waals surface area contributed by atoms with Crippen LogP contribution in [0.4, 0.5) is 0 Å². The Morgan fingerprint density at radius 1 is 1.53 bits per heavy atom. The van der Waals surface area contributed by atoms with Gasteiger partial charge in [-0.15, -0.1) is 0 Å². The number of hydrogen-bond acceptors (Lipinski definition) is 3. The van der Waals surface area contributed by atoms with E-state index in [1.54, 1.807) is 0 Å². The Balaban J connectivity index is 2.67. The molecule has 1 fully saturated rings. The van der Waals surface area contributed by atoms with Crippen molar-refractivity contribution < 1.29 is 0 Å². The molecule has 0 amide bonds. The van der Waals surface area contributed by atoms with E-state index in [1.807, 2.05) is 7.05 Å².